The van der Waals surface area contributed by atoms with Gasteiger partial charge in [-0.15, -0.1) is 0 Å². The molecule has 2 nitrogen and oxygen atoms in total. The van der Waals surface area contributed by atoms with Crippen molar-refractivity contribution in [3.05, 3.63) is 0 Å². The zero-order chi connectivity index (χ0) is 8.69. The van der Waals surface area contributed by atoms with Crippen molar-refractivity contribution in [1.82, 2.24) is 10.6 Å². The summed E-state index contributed by atoms with van der Waals surface area (Å²) in [6, 6.07) is 0.620. The third-order valence-electron chi connectivity index (χ3n) is 1.85. The first-order chi connectivity index (χ1) is 5.20. The van der Waals surface area contributed by atoms with Crippen LogP contribution in [-0.4, -0.2) is 18.8 Å². The lowest BCUT2D eigenvalue weighted by Crippen LogP contribution is -2.44. The second-order valence-electron chi connectivity index (χ2n) is 3.15. The van der Waals surface area contributed by atoms with Gasteiger partial charge in [0.25, 0.3) is 0 Å². The smallest absolute Gasteiger partial charge is 0.0544 e. The Hall–Kier alpha value is -0.0800. The molecule has 0 saturated heterocycles. The number of hydrogen-bond acceptors (Lipinski definition) is 2. The van der Waals surface area contributed by atoms with Gasteiger partial charge in [-0.05, 0) is 33.2 Å². The van der Waals surface area contributed by atoms with Crippen LogP contribution in [0.15, 0.2) is 0 Å². The molecule has 0 rings (SSSR count). The second-order valence-corrected chi connectivity index (χ2v) is 3.15. The lowest BCUT2D eigenvalue weighted by atomic mass is 10.2. The van der Waals surface area contributed by atoms with Gasteiger partial charge in [0.05, 0.1) is 6.17 Å². The van der Waals surface area contributed by atoms with Crippen molar-refractivity contribution in [3.8, 4) is 0 Å². The predicted octanol–water partition coefficient (Wildman–Crippen LogP) is 1.72. The van der Waals surface area contributed by atoms with E-state index < -0.39 is 0 Å². The van der Waals surface area contributed by atoms with Crippen LogP contribution in [0.3, 0.4) is 0 Å². The van der Waals surface area contributed by atoms with Crippen LogP contribution < -0.4 is 10.6 Å². The summed E-state index contributed by atoms with van der Waals surface area (Å²) in [6.45, 7) is 9.86. The Balaban J connectivity index is 3.27. The molecule has 11 heavy (non-hydrogen) atoms. The molecule has 2 N–H and O–H groups in total. The van der Waals surface area contributed by atoms with Crippen LogP contribution in [0.2, 0.25) is 0 Å². The lowest BCUT2D eigenvalue weighted by molar-refractivity contribution is 0.398. The maximum atomic E-state index is 3.45. The standard InChI is InChI=1S/C9H22N2/c1-5-7-10-9(4)11-8(3)6-2/h8-11H,5-7H2,1-4H3. The molecule has 0 heterocycles. The van der Waals surface area contributed by atoms with Crippen molar-refractivity contribution >= 4 is 0 Å². The van der Waals surface area contributed by atoms with Crippen LogP contribution in [0.25, 0.3) is 0 Å². The molecule has 0 aliphatic heterocycles. The molecule has 0 aromatic heterocycles. The molecule has 0 aromatic carbocycles. The van der Waals surface area contributed by atoms with Gasteiger partial charge < -0.3 is 5.32 Å². The van der Waals surface area contributed by atoms with Crippen LogP contribution >= 0.6 is 0 Å². The molecule has 0 saturated carbocycles. The van der Waals surface area contributed by atoms with E-state index in [4.69, 9.17) is 0 Å². The fourth-order valence-electron chi connectivity index (χ4n) is 0.964. The number of nitrogens with one attached hydrogen (secondary N) is 2. The van der Waals surface area contributed by atoms with Crippen LogP contribution in [0.5, 0.6) is 0 Å². The van der Waals surface area contributed by atoms with Crippen molar-refractivity contribution in [3.63, 3.8) is 0 Å². The normalized spacial score (nSPS) is 16.4. The SMILES string of the molecule is CCCNC(C)NC(C)CC. The fourth-order valence-corrected chi connectivity index (χ4v) is 0.964. The van der Waals surface area contributed by atoms with Gasteiger partial charge in [0, 0.05) is 6.04 Å². The lowest BCUT2D eigenvalue weighted by Gasteiger charge is -2.19. The van der Waals surface area contributed by atoms with Crippen molar-refractivity contribution in [2.75, 3.05) is 6.54 Å². The van der Waals surface area contributed by atoms with E-state index in [0.29, 0.717) is 12.2 Å². The molecule has 0 bridgehead atoms. The average molecular weight is 158 g/mol. The van der Waals surface area contributed by atoms with Crippen molar-refractivity contribution in [2.45, 2.75) is 52.7 Å². The van der Waals surface area contributed by atoms with E-state index in [1.807, 2.05) is 0 Å². The first kappa shape index (κ1) is 10.9. The Morgan fingerprint density at radius 3 is 2.27 bits per heavy atom. The molecule has 0 aromatic rings. The van der Waals surface area contributed by atoms with E-state index >= 15 is 0 Å². The Morgan fingerprint density at radius 1 is 1.18 bits per heavy atom. The third-order valence-corrected chi connectivity index (χ3v) is 1.85. The minimum atomic E-state index is 0.449. The van der Waals surface area contributed by atoms with Gasteiger partial charge in [0.2, 0.25) is 0 Å². The van der Waals surface area contributed by atoms with Gasteiger partial charge in [-0.1, -0.05) is 13.8 Å². The molecule has 0 amide bonds. The summed E-state index contributed by atoms with van der Waals surface area (Å²) in [4.78, 5) is 0. The van der Waals surface area contributed by atoms with E-state index in [9.17, 15) is 0 Å². The Labute approximate surface area is 70.8 Å². The maximum absolute atomic E-state index is 3.45. The Kier molecular flexibility index (Phi) is 6.57. The van der Waals surface area contributed by atoms with Gasteiger partial charge >= 0.3 is 0 Å². The van der Waals surface area contributed by atoms with E-state index in [1.54, 1.807) is 0 Å². The first-order valence-electron chi connectivity index (χ1n) is 4.70. The largest absolute Gasteiger partial charge is 0.302 e. The van der Waals surface area contributed by atoms with Gasteiger partial charge in [0.15, 0.2) is 0 Å². The van der Waals surface area contributed by atoms with Crippen molar-refractivity contribution in [1.29, 1.82) is 0 Å². The molecule has 0 aliphatic rings. The van der Waals surface area contributed by atoms with Crippen LogP contribution in [0, 0.1) is 0 Å². The topological polar surface area (TPSA) is 24.1 Å². The molecule has 2 heteroatoms. The first-order valence-corrected chi connectivity index (χ1v) is 4.70. The highest BCUT2D eigenvalue weighted by Gasteiger charge is 2.02. The maximum Gasteiger partial charge on any atom is 0.0544 e. The molecule has 0 fully saturated rings. The van der Waals surface area contributed by atoms with Gasteiger partial charge in [-0.2, -0.15) is 0 Å². The summed E-state index contributed by atoms with van der Waals surface area (Å²) in [7, 11) is 0. The van der Waals surface area contributed by atoms with E-state index in [2.05, 4.69) is 38.3 Å². The highest BCUT2D eigenvalue weighted by Crippen LogP contribution is 1.89. The second kappa shape index (κ2) is 6.62. The van der Waals surface area contributed by atoms with E-state index in [1.165, 1.54) is 12.8 Å². The van der Waals surface area contributed by atoms with Gasteiger partial charge in [-0.25, -0.2) is 0 Å². The minimum Gasteiger partial charge on any atom is -0.302 e. The molecular weight excluding hydrogens is 136 g/mol. The van der Waals surface area contributed by atoms with Gasteiger partial charge in [-0.3, -0.25) is 5.32 Å². The summed E-state index contributed by atoms with van der Waals surface area (Å²) < 4.78 is 0. The van der Waals surface area contributed by atoms with Crippen molar-refractivity contribution in [2.24, 2.45) is 0 Å². The van der Waals surface area contributed by atoms with Crippen LogP contribution in [0.1, 0.15) is 40.5 Å². The summed E-state index contributed by atoms with van der Waals surface area (Å²) in [6.07, 6.45) is 2.84. The zero-order valence-electron chi connectivity index (χ0n) is 8.28. The van der Waals surface area contributed by atoms with E-state index in [0.717, 1.165) is 6.54 Å². The molecule has 68 valence electrons. The summed E-state index contributed by atoms with van der Waals surface area (Å²) in [5.41, 5.74) is 0. The zero-order valence-corrected chi connectivity index (χ0v) is 8.28. The number of hydrogen-bond donors (Lipinski definition) is 2. The highest BCUT2D eigenvalue weighted by atomic mass is 15.1. The van der Waals surface area contributed by atoms with Crippen LogP contribution in [-0.2, 0) is 0 Å². The Bertz CT molecular complexity index is 83.6. The molecule has 0 radical (unpaired) electrons. The minimum absolute atomic E-state index is 0.449. The molecule has 2 atom stereocenters. The summed E-state index contributed by atoms with van der Waals surface area (Å²) in [5.74, 6) is 0. The average Bonchev–Trinajstić information content (AvgIpc) is 2.00. The van der Waals surface area contributed by atoms with Crippen molar-refractivity contribution < 1.29 is 0 Å². The predicted molar refractivity (Wildman–Crippen MR) is 50.6 cm³/mol. The number of rotatable bonds is 6. The fraction of sp³-hybridized carbons (Fsp3) is 1.00. The summed E-state index contributed by atoms with van der Waals surface area (Å²) >= 11 is 0. The third kappa shape index (κ3) is 6.32. The molecule has 2 unspecified atom stereocenters. The van der Waals surface area contributed by atoms with Gasteiger partial charge in [0.1, 0.15) is 0 Å². The van der Waals surface area contributed by atoms with E-state index in [-0.39, 0.29) is 0 Å². The monoisotopic (exact) mass is 158 g/mol. The molecule has 0 spiro atoms. The molecule has 0 aliphatic carbocycles. The Morgan fingerprint density at radius 2 is 1.82 bits per heavy atom. The molecular formula is C9H22N2. The highest BCUT2D eigenvalue weighted by molar-refractivity contribution is 4.63. The summed E-state index contributed by atoms with van der Waals surface area (Å²) in [5, 5.41) is 6.84. The quantitative estimate of drug-likeness (QED) is 0.575. The van der Waals surface area contributed by atoms with Crippen LogP contribution in [0.4, 0.5) is 0 Å².